The number of aliphatic hydroxyl groups excluding tert-OH is 2. The molecule has 17 heavy (non-hydrogen) atoms. The standard InChI is InChI=1S/C9H20N2O5S/c12-6-5-10-1-3-11(4-2-10)7-9(13)8-17(14,15)16/h9,12-13H,1-8H2,(H,14,15,16)/p+1/t9-/m1/s1. The summed E-state index contributed by atoms with van der Waals surface area (Å²) in [6, 6.07) is 0. The predicted molar refractivity (Wildman–Crippen MR) is 58.8 cm³/mol. The van der Waals surface area contributed by atoms with Gasteiger partial charge in [0.15, 0.2) is 0 Å². The van der Waals surface area contributed by atoms with E-state index in [0.29, 0.717) is 6.54 Å². The van der Waals surface area contributed by atoms with Crippen molar-refractivity contribution in [3.05, 3.63) is 0 Å². The summed E-state index contributed by atoms with van der Waals surface area (Å²) in [6.07, 6.45) is -1.08. The Hall–Kier alpha value is -0.250. The van der Waals surface area contributed by atoms with Crippen molar-refractivity contribution in [1.82, 2.24) is 0 Å². The van der Waals surface area contributed by atoms with Gasteiger partial charge in [-0.25, -0.2) is 8.42 Å². The number of rotatable bonds is 6. The lowest BCUT2D eigenvalue weighted by molar-refractivity contribution is -1.01. The molecule has 0 aliphatic carbocycles. The van der Waals surface area contributed by atoms with Gasteiger partial charge in [0.05, 0.1) is 22.5 Å². The summed E-state index contributed by atoms with van der Waals surface area (Å²) in [4.78, 5) is 2.44. The minimum absolute atomic E-state index is 0.168. The normalized spacial score (nSPS) is 27.9. The van der Waals surface area contributed by atoms with E-state index in [0.717, 1.165) is 37.6 Å². The molecular formula is C9H21N2O5S+. The first-order valence-electron chi connectivity index (χ1n) is 5.80. The third kappa shape index (κ3) is 6.29. The molecule has 0 aromatic heterocycles. The van der Waals surface area contributed by atoms with E-state index < -0.39 is 22.0 Å². The van der Waals surface area contributed by atoms with Crippen molar-refractivity contribution in [2.45, 2.75) is 6.10 Å². The van der Waals surface area contributed by atoms with E-state index in [9.17, 15) is 18.1 Å². The summed E-state index contributed by atoms with van der Waals surface area (Å²) in [5.41, 5.74) is 0. The maximum atomic E-state index is 10.5. The average molecular weight is 269 g/mol. The molecule has 0 amide bonds. The van der Waals surface area contributed by atoms with Crippen LogP contribution in [0.2, 0.25) is 0 Å². The zero-order chi connectivity index (χ0) is 12.9. The monoisotopic (exact) mass is 269 g/mol. The lowest BCUT2D eigenvalue weighted by atomic mass is 10.3. The van der Waals surface area contributed by atoms with Gasteiger partial charge in [-0.3, -0.25) is 0 Å². The lowest BCUT2D eigenvalue weighted by Gasteiger charge is -2.30. The van der Waals surface area contributed by atoms with Crippen LogP contribution < -0.4 is 9.80 Å². The molecule has 1 aliphatic heterocycles. The minimum atomic E-state index is -4.35. The second-order valence-corrected chi connectivity index (χ2v) is 6.00. The molecule has 0 radical (unpaired) electrons. The number of piperazine rings is 1. The Morgan fingerprint density at radius 1 is 1.18 bits per heavy atom. The molecule has 1 fully saturated rings. The third-order valence-electron chi connectivity index (χ3n) is 3.05. The van der Waals surface area contributed by atoms with E-state index in [1.807, 2.05) is 0 Å². The van der Waals surface area contributed by atoms with Gasteiger partial charge in [0.1, 0.15) is 45.4 Å². The highest BCUT2D eigenvalue weighted by molar-refractivity contribution is 7.85. The number of nitrogens with one attached hydrogen (secondary N) is 2. The highest BCUT2D eigenvalue weighted by Crippen LogP contribution is 1.87. The number of aliphatic hydroxyl groups is 2. The highest BCUT2D eigenvalue weighted by Gasteiger charge is 2.24. The maximum absolute atomic E-state index is 10.5. The molecule has 0 spiro atoms. The van der Waals surface area contributed by atoms with Crippen molar-refractivity contribution in [2.75, 3.05) is 51.6 Å². The molecule has 1 heterocycles. The van der Waals surface area contributed by atoms with Crippen molar-refractivity contribution >= 4 is 10.1 Å². The summed E-state index contributed by atoms with van der Waals surface area (Å²) in [6.45, 7) is 4.64. The smallest absolute Gasteiger partial charge is 0.127 e. The molecule has 1 atom stereocenters. The molecule has 102 valence electrons. The molecule has 1 aliphatic rings. The van der Waals surface area contributed by atoms with Crippen LogP contribution in [0.5, 0.6) is 0 Å². The van der Waals surface area contributed by atoms with Crippen LogP contribution in [0.3, 0.4) is 0 Å². The third-order valence-corrected chi connectivity index (χ3v) is 3.84. The van der Waals surface area contributed by atoms with Crippen LogP contribution in [0.25, 0.3) is 0 Å². The number of hydrogen-bond donors (Lipinski definition) is 4. The van der Waals surface area contributed by atoms with Crippen LogP contribution in [-0.2, 0) is 10.1 Å². The van der Waals surface area contributed by atoms with E-state index >= 15 is 0 Å². The summed E-state index contributed by atoms with van der Waals surface area (Å²) in [5.74, 6) is -0.705. The minimum Gasteiger partial charge on any atom is -0.748 e. The Kier molecular flexibility index (Phi) is 5.77. The van der Waals surface area contributed by atoms with Crippen LogP contribution in [0, 0.1) is 0 Å². The van der Waals surface area contributed by atoms with E-state index in [1.165, 1.54) is 4.90 Å². The largest absolute Gasteiger partial charge is 0.748 e. The first-order valence-corrected chi connectivity index (χ1v) is 7.38. The van der Waals surface area contributed by atoms with Gasteiger partial charge < -0.3 is 24.6 Å². The maximum Gasteiger partial charge on any atom is 0.127 e. The van der Waals surface area contributed by atoms with E-state index in [4.69, 9.17) is 5.11 Å². The average Bonchev–Trinajstić information content (AvgIpc) is 2.18. The summed E-state index contributed by atoms with van der Waals surface area (Å²) >= 11 is 0. The summed E-state index contributed by atoms with van der Waals surface area (Å²) in [7, 11) is -4.35. The van der Waals surface area contributed by atoms with Crippen molar-refractivity contribution in [3.63, 3.8) is 0 Å². The van der Waals surface area contributed by atoms with Crippen LogP contribution in [-0.4, -0.2) is 80.9 Å². The van der Waals surface area contributed by atoms with Crippen LogP contribution >= 0.6 is 0 Å². The fraction of sp³-hybridized carbons (Fsp3) is 1.00. The lowest BCUT2D eigenvalue weighted by Crippen LogP contribution is -3.28. The van der Waals surface area contributed by atoms with Crippen LogP contribution in [0.4, 0.5) is 0 Å². The zero-order valence-electron chi connectivity index (χ0n) is 9.76. The summed E-state index contributed by atoms with van der Waals surface area (Å²) < 4.78 is 31.4. The number of hydrogen-bond acceptors (Lipinski definition) is 5. The first-order chi connectivity index (χ1) is 7.90. The van der Waals surface area contributed by atoms with E-state index in [-0.39, 0.29) is 6.61 Å². The molecule has 7 nitrogen and oxygen atoms in total. The quantitative estimate of drug-likeness (QED) is 0.360. The summed E-state index contributed by atoms with van der Waals surface area (Å²) in [5, 5.41) is 18.2. The predicted octanol–water partition coefficient (Wildman–Crippen LogP) is -5.33. The molecule has 0 aromatic carbocycles. The van der Waals surface area contributed by atoms with Crippen molar-refractivity contribution in [1.29, 1.82) is 0 Å². The van der Waals surface area contributed by atoms with Gasteiger partial charge in [0.25, 0.3) is 0 Å². The first kappa shape index (κ1) is 14.8. The molecule has 0 bridgehead atoms. The second kappa shape index (κ2) is 6.62. The molecule has 0 saturated carbocycles. The molecule has 8 heteroatoms. The Balaban J connectivity index is 2.26. The Morgan fingerprint density at radius 3 is 2.18 bits per heavy atom. The van der Waals surface area contributed by atoms with Crippen LogP contribution in [0.1, 0.15) is 0 Å². The van der Waals surface area contributed by atoms with Gasteiger partial charge in [-0.1, -0.05) is 0 Å². The molecule has 0 aromatic rings. The fourth-order valence-corrected chi connectivity index (χ4v) is 2.79. The number of quaternary nitrogens is 2. The Labute approximate surface area is 101 Å². The van der Waals surface area contributed by atoms with Gasteiger partial charge in [-0.15, -0.1) is 0 Å². The molecule has 4 N–H and O–H groups in total. The Morgan fingerprint density at radius 2 is 1.71 bits per heavy atom. The van der Waals surface area contributed by atoms with Crippen molar-refractivity contribution in [2.24, 2.45) is 0 Å². The Bertz CT molecular complexity index is 313. The van der Waals surface area contributed by atoms with E-state index in [2.05, 4.69) is 0 Å². The molecular weight excluding hydrogens is 248 g/mol. The van der Waals surface area contributed by atoms with Gasteiger partial charge in [0, 0.05) is 0 Å². The molecule has 1 saturated heterocycles. The fourth-order valence-electron chi connectivity index (χ4n) is 2.20. The van der Waals surface area contributed by atoms with Crippen molar-refractivity contribution < 1.29 is 33.0 Å². The van der Waals surface area contributed by atoms with Gasteiger partial charge in [-0.2, -0.15) is 0 Å². The molecule has 0 unspecified atom stereocenters. The van der Waals surface area contributed by atoms with Crippen LogP contribution in [0.15, 0.2) is 0 Å². The SMILES string of the molecule is O=S(=O)([O-])C[C@H](O)C[NH+]1CC[NH+](CCO)CC1. The zero-order valence-corrected chi connectivity index (χ0v) is 10.6. The van der Waals surface area contributed by atoms with Crippen molar-refractivity contribution in [3.8, 4) is 0 Å². The second-order valence-electron chi connectivity index (χ2n) is 4.56. The van der Waals surface area contributed by atoms with Gasteiger partial charge in [0.2, 0.25) is 0 Å². The van der Waals surface area contributed by atoms with E-state index in [1.54, 1.807) is 0 Å². The van der Waals surface area contributed by atoms with Gasteiger partial charge >= 0.3 is 0 Å². The highest BCUT2D eigenvalue weighted by atomic mass is 32.2. The molecule has 1 rings (SSSR count). The topological polar surface area (TPSA) is 107 Å². The van der Waals surface area contributed by atoms with Gasteiger partial charge in [-0.05, 0) is 0 Å².